The molecule has 0 unspecified atom stereocenters. The number of methoxy groups -OCH3 is 1. The van der Waals surface area contributed by atoms with Crippen LogP contribution in [0.2, 0.25) is 0 Å². The first kappa shape index (κ1) is 18.5. The van der Waals surface area contributed by atoms with E-state index < -0.39 is 0 Å². The van der Waals surface area contributed by atoms with E-state index in [0.29, 0.717) is 23.2 Å². The van der Waals surface area contributed by atoms with Crippen molar-refractivity contribution in [2.75, 3.05) is 20.3 Å². The molecule has 1 aromatic carbocycles. The lowest BCUT2D eigenvalue weighted by Crippen LogP contribution is -2.37. The van der Waals surface area contributed by atoms with Crippen LogP contribution in [0.25, 0.3) is 0 Å². The van der Waals surface area contributed by atoms with Gasteiger partial charge in [-0.1, -0.05) is 6.07 Å². The van der Waals surface area contributed by atoms with E-state index in [-0.39, 0.29) is 12.2 Å². The molecule has 7 heteroatoms. The van der Waals surface area contributed by atoms with E-state index in [1.54, 1.807) is 13.3 Å². The standard InChI is InChI=1S/C17H25N3O3S/c1-12(2)23-16-13(6-4-8-15(16)21-3)10-19-20-17(24)18-11-14-7-5-9-22-14/h4,6,8,10,12,14H,5,7,9,11H2,1-3H3,(H2,18,20,24)/b19-10-/t14-/m1/s1. The lowest BCUT2D eigenvalue weighted by Gasteiger charge is -2.15. The lowest BCUT2D eigenvalue weighted by atomic mass is 10.2. The molecule has 1 heterocycles. The van der Waals surface area contributed by atoms with Gasteiger partial charge in [0.15, 0.2) is 16.6 Å². The number of hydrogen-bond acceptors (Lipinski definition) is 5. The third-order valence-electron chi connectivity index (χ3n) is 3.47. The second kappa shape index (κ2) is 9.44. The van der Waals surface area contributed by atoms with Crippen molar-refractivity contribution in [2.45, 2.75) is 38.9 Å². The summed E-state index contributed by atoms with van der Waals surface area (Å²) in [6, 6.07) is 5.66. The van der Waals surface area contributed by atoms with Crippen LogP contribution in [0.4, 0.5) is 0 Å². The maximum Gasteiger partial charge on any atom is 0.187 e. The van der Waals surface area contributed by atoms with Gasteiger partial charge in [-0.3, -0.25) is 5.43 Å². The summed E-state index contributed by atoms with van der Waals surface area (Å²) in [6.45, 7) is 5.47. The maximum atomic E-state index is 5.83. The van der Waals surface area contributed by atoms with E-state index >= 15 is 0 Å². The average molecular weight is 351 g/mol. The van der Waals surface area contributed by atoms with Crippen molar-refractivity contribution >= 4 is 23.5 Å². The molecular formula is C17H25N3O3S. The van der Waals surface area contributed by atoms with E-state index in [2.05, 4.69) is 15.8 Å². The molecule has 1 aliphatic rings. The van der Waals surface area contributed by atoms with Crippen molar-refractivity contribution in [3.05, 3.63) is 23.8 Å². The van der Waals surface area contributed by atoms with Crippen molar-refractivity contribution in [2.24, 2.45) is 5.10 Å². The minimum absolute atomic E-state index is 0.0376. The van der Waals surface area contributed by atoms with E-state index in [1.165, 1.54) is 0 Å². The van der Waals surface area contributed by atoms with Crippen LogP contribution in [0.1, 0.15) is 32.3 Å². The van der Waals surface area contributed by atoms with Crippen LogP contribution in [0.15, 0.2) is 23.3 Å². The van der Waals surface area contributed by atoms with Crippen molar-refractivity contribution in [3.8, 4) is 11.5 Å². The topological polar surface area (TPSA) is 64.1 Å². The Kier molecular flexibility index (Phi) is 7.27. The van der Waals surface area contributed by atoms with Gasteiger partial charge >= 0.3 is 0 Å². The van der Waals surface area contributed by atoms with Gasteiger partial charge in [0.25, 0.3) is 0 Å². The predicted molar refractivity (Wildman–Crippen MR) is 99.1 cm³/mol. The molecular weight excluding hydrogens is 326 g/mol. The highest BCUT2D eigenvalue weighted by Crippen LogP contribution is 2.30. The minimum atomic E-state index is 0.0376. The molecule has 1 fully saturated rings. The van der Waals surface area contributed by atoms with Crippen molar-refractivity contribution in [3.63, 3.8) is 0 Å². The number of benzene rings is 1. The predicted octanol–water partition coefficient (Wildman–Crippen LogP) is 2.46. The number of hydrazone groups is 1. The van der Waals surface area contributed by atoms with Gasteiger partial charge < -0.3 is 19.5 Å². The molecule has 0 spiro atoms. The van der Waals surface area contributed by atoms with Gasteiger partial charge in [0, 0.05) is 18.7 Å². The summed E-state index contributed by atoms with van der Waals surface area (Å²) in [5.74, 6) is 1.34. The Labute approximate surface area is 148 Å². The molecule has 2 N–H and O–H groups in total. The van der Waals surface area contributed by atoms with Crippen molar-refractivity contribution in [1.29, 1.82) is 0 Å². The van der Waals surface area contributed by atoms with Gasteiger partial charge in [0.2, 0.25) is 0 Å². The van der Waals surface area contributed by atoms with Crippen LogP contribution >= 0.6 is 12.2 Å². The molecule has 0 radical (unpaired) electrons. The fourth-order valence-corrected chi connectivity index (χ4v) is 2.50. The Morgan fingerprint density at radius 3 is 3.00 bits per heavy atom. The minimum Gasteiger partial charge on any atom is -0.493 e. The second-order valence-corrected chi connectivity index (χ2v) is 6.17. The molecule has 0 amide bonds. The number of nitrogens with zero attached hydrogens (tertiary/aromatic N) is 1. The smallest absolute Gasteiger partial charge is 0.187 e. The van der Waals surface area contributed by atoms with Gasteiger partial charge in [0.05, 0.1) is 25.5 Å². The van der Waals surface area contributed by atoms with E-state index in [0.717, 1.165) is 25.0 Å². The Bertz CT molecular complexity index is 572. The normalized spacial score (nSPS) is 17.2. The SMILES string of the molecule is COc1cccc(/C=N\NC(=S)NC[C@H]2CCCO2)c1OC(C)C. The summed E-state index contributed by atoms with van der Waals surface area (Å²) < 4.78 is 16.7. The van der Waals surface area contributed by atoms with Crippen LogP contribution in [0.3, 0.4) is 0 Å². The first-order chi connectivity index (χ1) is 11.6. The van der Waals surface area contributed by atoms with Gasteiger partial charge in [-0.25, -0.2) is 0 Å². The Morgan fingerprint density at radius 1 is 1.50 bits per heavy atom. The largest absolute Gasteiger partial charge is 0.493 e. The molecule has 0 saturated carbocycles. The second-order valence-electron chi connectivity index (χ2n) is 5.76. The summed E-state index contributed by atoms with van der Waals surface area (Å²) in [5, 5.41) is 7.75. The summed E-state index contributed by atoms with van der Waals surface area (Å²) in [4.78, 5) is 0. The molecule has 6 nitrogen and oxygen atoms in total. The highest BCUT2D eigenvalue weighted by molar-refractivity contribution is 7.80. The number of hydrogen-bond donors (Lipinski definition) is 2. The molecule has 1 aromatic rings. The van der Waals surface area contributed by atoms with Crippen molar-refractivity contribution < 1.29 is 14.2 Å². The fourth-order valence-electron chi connectivity index (χ4n) is 2.37. The zero-order valence-corrected chi connectivity index (χ0v) is 15.2. The quantitative estimate of drug-likeness (QED) is 0.447. The van der Waals surface area contributed by atoms with Gasteiger partial charge in [-0.05, 0) is 51.0 Å². The van der Waals surface area contributed by atoms with Crippen molar-refractivity contribution in [1.82, 2.24) is 10.7 Å². The molecule has 0 bridgehead atoms. The monoisotopic (exact) mass is 351 g/mol. The first-order valence-electron chi connectivity index (χ1n) is 8.12. The van der Waals surface area contributed by atoms with E-state index in [1.807, 2.05) is 32.0 Å². The molecule has 1 aliphatic heterocycles. The Balaban J connectivity index is 1.91. The van der Waals surface area contributed by atoms with Gasteiger partial charge in [0.1, 0.15) is 0 Å². The van der Waals surface area contributed by atoms with Gasteiger partial charge in [-0.15, -0.1) is 0 Å². The van der Waals surface area contributed by atoms with Crippen LogP contribution < -0.4 is 20.2 Å². The highest BCUT2D eigenvalue weighted by Gasteiger charge is 2.15. The Hall–Kier alpha value is -1.86. The third-order valence-corrected chi connectivity index (χ3v) is 3.70. The average Bonchev–Trinajstić information content (AvgIpc) is 3.07. The van der Waals surface area contributed by atoms with Crippen LogP contribution in [0, 0.1) is 0 Å². The fraction of sp³-hybridized carbons (Fsp3) is 0.529. The summed E-state index contributed by atoms with van der Waals surface area (Å²) in [6.07, 6.45) is 4.12. The summed E-state index contributed by atoms with van der Waals surface area (Å²) >= 11 is 5.21. The molecule has 1 atom stereocenters. The van der Waals surface area contributed by atoms with Crippen LogP contribution in [-0.2, 0) is 4.74 Å². The van der Waals surface area contributed by atoms with E-state index in [4.69, 9.17) is 26.4 Å². The number of ether oxygens (including phenoxy) is 3. The maximum absolute atomic E-state index is 5.83. The van der Waals surface area contributed by atoms with Crippen LogP contribution in [0.5, 0.6) is 11.5 Å². The molecule has 0 aliphatic carbocycles. The number of rotatable bonds is 7. The number of nitrogens with one attached hydrogen (secondary N) is 2. The summed E-state index contributed by atoms with van der Waals surface area (Å²) in [7, 11) is 1.62. The number of thiocarbonyl (C=S) groups is 1. The Morgan fingerprint density at radius 2 is 2.33 bits per heavy atom. The molecule has 1 saturated heterocycles. The lowest BCUT2D eigenvalue weighted by molar-refractivity contribution is 0.114. The highest BCUT2D eigenvalue weighted by atomic mass is 32.1. The number of para-hydroxylation sites is 1. The zero-order valence-electron chi connectivity index (χ0n) is 14.4. The van der Waals surface area contributed by atoms with Gasteiger partial charge in [-0.2, -0.15) is 5.10 Å². The third kappa shape index (κ3) is 5.65. The summed E-state index contributed by atoms with van der Waals surface area (Å²) in [5.41, 5.74) is 3.63. The zero-order chi connectivity index (χ0) is 17.4. The molecule has 2 rings (SSSR count). The molecule has 132 valence electrons. The van der Waals surface area contributed by atoms with E-state index in [9.17, 15) is 0 Å². The molecule has 0 aromatic heterocycles. The molecule has 24 heavy (non-hydrogen) atoms. The van der Waals surface area contributed by atoms with Crippen LogP contribution in [-0.4, -0.2) is 43.8 Å². The first-order valence-corrected chi connectivity index (χ1v) is 8.53.